The van der Waals surface area contributed by atoms with Gasteiger partial charge in [0, 0.05) is 28.9 Å². The predicted octanol–water partition coefficient (Wildman–Crippen LogP) is 4.62. The molecule has 3 rings (SSSR count). The van der Waals surface area contributed by atoms with Crippen LogP contribution in [0.1, 0.15) is 10.4 Å². The topological polar surface area (TPSA) is 16.1 Å². The number of rotatable bonds is 5. The highest BCUT2D eigenvalue weighted by atomic mass is 35.5. The van der Waals surface area contributed by atoms with Crippen molar-refractivity contribution in [3.05, 3.63) is 63.4 Å². The predicted molar refractivity (Wildman–Crippen MR) is 91.1 cm³/mol. The molecule has 0 unspecified atom stereocenters. The van der Waals surface area contributed by atoms with Gasteiger partial charge in [0.2, 0.25) is 0 Å². The van der Waals surface area contributed by atoms with E-state index in [1.54, 1.807) is 0 Å². The summed E-state index contributed by atoms with van der Waals surface area (Å²) in [4.78, 5) is 8.19. The number of hydrogen-bond acceptors (Lipinski definition) is 3. The van der Waals surface area contributed by atoms with Gasteiger partial charge in [-0.15, -0.1) is 11.3 Å². The quantitative estimate of drug-likeness (QED) is 0.638. The van der Waals surface area contributed by atoms with Crippen LogP contribution in [-0.2, 0) is 13.0 Å². The molecule has 0 aliphatic carbocycles. The molecule has 3 aromatic rings. The maximum Gasteiger partial charge on any atom is 0.134 e. The largest absolute Gasteiger partial charge is 0.302 e. The molecule has 1 aromatic carbocycles. The van der Waals surface area contributed by atoms with E-state index in [1.807, 2.05) is 29.5 Å². The summed E-state index contributed by atoms with van der Waals surface area (Å²) in [7, 11) is 2.12. The summed E-state index contributed by atoms with van der Waals surface area (Å²) < 4.78 is 0. The van der Waals surface area contributed by atoms with Crippen LogP contribution in [0.3, 0.4) is 0 Å². The molecule has 108 valence electrons. The minimum atomic E-state index is 0.608. The first kappa shape index (κ1) is 14.5. The third-order valence-electron chi connectivity index (χ3n) is 3.51. The van der Waals surface area contributed by atoms with E-state index in [0.717, 1.165) is 36.0 Å². The molecule has 0 atom stereocenters. The summed E-state index contributed by atoms with van der Waals surface area (Å²) in [6, 6.07) is 14.5. The molecule has 0 bridgehead atoms. The summed E-state index contributed by atoms with van der Waals surface area (Å²) in [6.07, 6.45) is 1.08. The molecule has 2 nitrogen and oxygen atoms in total. The van der Waals surface area contributed by atoms with Crippen LogP contribution in [0.5, 0.6) is 0 Å². The second kappa shape index (κ2) is 6.56. The standard InChI is InChI=1S/C17H17ClN2S/c1-20(9-8-15-6-4-10-21-15)12-14-11-13-5-2-3-7-16(13)19-17(14)18/h2-7,10-11H,8-9,12H2,1H3. The molecule has 0 aliphatic heterocycles. The Morgan fingerprint density at radius 3 is 2.86 bits per heavy atom. The van der Waals surface area contributed by atoms with Crippen LogP contribution in [0.2, 0.25) is 5.15 Å². The van der Waals surface area contributed by atoms with Crippen LogP contribution in [-0.4, -0.2) is 23.5 Å². The van der Waals surface area contributed by atoms with Crippen molar-refractivity contribution in [2.45, 2.75) is 13.0 Å². The molecule has 0 saturated heterocycles. The van der Waals surface area contributed by atoms with E-state index < -0.39 is 0 Å². The van der Waals surface area contributed by atoms with E-state index in [2.05, 4.69) is 46.6 Å². The Bertz CT molecular complexity index is 725. The Hall–Kier alpha value is -1.42. The fraction of sp³-hybridized carbons (Fsp3) is 0.235. The normalized spacial score (nSPS) is 11.4. The first-order valence-corrected chi connectivity index (χ1v) is 8.23. The van der Waals surface area contributed by atoms with E-state index >= 15 is 0 Å². The van der Waals surface area contributed by atoms with Crippen LogP contribution >= 0.6 is 22.9 Å². The van der Waals surface area contributed by atoms with Gasteiger partial charge in [0.15, 0.2) is 0 Å². The molecule has 0 aliphatic rings. The maximum absolute atomic E-state index is 6.31. The number of likely N-dealkylation sites (N-methyl/N-ethyl adjacent to an activating group) is 1. The van der Waals surface area contributed by atoms with Crippen LogP contribution in [0.25, 0.3) is 10.9 Å². The maximum atomic E-state index is 6.31. The molecular weight excluding hydrogens is 300 g/mol. The van der Waals surface area contributed by atoms with Crippen molar-refractivity contribution in [3.8, 4) is 0 Å². The number of nitrogens with zero attached hydrogens (tertiary/aromatic N) is 2. The van der Waals surface area contributed by atoms with E-state index in [9.17, 15) is 0 Å². The highest BCUT2D eigenvalue weighted by Crippen LogP contribution is 2.21. The molecule has 0 N–H and O–H groups in total. The molecule has 0 spiro atoms. The minimum Gasteiger partial charge on any atom is -0.302 e. The molecule has 0 saturated carbocycles. The first-order valence-electron chi connectivity index (χ1n) is 6.97. The fourth-order valence-electron chi connectivity index (χ4n) is 2.37. The molecule has 0 fully saturated rings. The smallest absolute Gasteiger partial charge is 0.134 e. The van der Waals surface area contributed by atoms with Crippen LogP contribution in [0.4, 0.5) is 0 Å². The lowest BCUT2D eigenvalue weighted by Crippen LogP contribution is -2.20. The zero-order chi connectivity index (χ0) is 14.7. The van der Waals surface area contributed by atoms with E-state index in [1.165, 1.54) is 4.88 Å². The van der Waals surface area contributed by atoms with Crippen molar-refractivity contribution < 1.29 is 0 Å². The molecule has 21 heavy (non-hydrogen) atoms. The third-order valence-corrected chi connectivity index (χ3v) is 4.77. The van der Waals surface area contributed by atoms with Gasteiger partial charge in [-0.3, -0.25) is 0 Å². The van der Waals surface area contributed by atoms with Crippen molar-refractivity contribution in [1.82, 2.24) is 9.88 Å². The lowest BCUT2D eigenvalue weighted by Gasteiger charge is -2.17. The Morgan fingerprint density at radius 2 is 2.05 bits per heavy atom. The van der Waals surface area contributed by atoms with E-state index in [4.69, 9.17) is 11.6 Å². The fourth-order valence-corrected chi connectivity index (χ4v) is 3.28. The summed E-state index contributed by atoms with van der Waals surface area (Å²) >= 11 is 8.12. The van der Waals surface area contributed by atoms with Crippen molar-refractivity contribution in [2.75, 3.05) is 13.6 Å². The molecule has 2 heterocycles. The average molecular weight is 317 g/mol. The van der Waals surface area contributed by atoms with Crippen molar-refractivity contribution >= 4 is 33.8 Å². The van der Waals surface area contributed by atoms with E-state index in [-0.39, 0.29) is 0 Å². The van der Waals surface area contributed by atoms with Gasteiger partial charge < -0.3 is 4.90 Å². The zero-order valence-corrected chi connectivity index (χ0v) is 13.5. The van der Waals surface area contributed by atoms with E-state index in [0.29, 0.717) is 5.15 Å². The van der Waals surface area contributed by atoms with Gasteiger partial charge in [-0.2, -0.15) is 0 Å². The van der Waals surface area contributed by atoms with Crippen molar-refractivity contribution in [1.29, 1.82) is 0 Å². The number of thiophene rings is 1. The van der Waals surface area contributed by atoms with Crippen molar-refractivity contribution in [2.24, 2.45) is 0 Å². The monoisotopic (exact) mass is 316 g/mol. The average Bonchev–Trinajstić information content (AvgIpc) is 2.99. The van der Waals surface area contributed by atoms with Gasteiger partial charge in [0.25, 0.3) is 0 Å². The minimum absolute atomic E-state index is 0.608. The second-order valence-electron chi connectivity index (χ2n) is 5.20. The summed E-state index contributed by atoms with van der Waals surface area (Å²) in [5.74, 6) is 0. The molecular formula is C17H17ClN2S. The summed E-state index contributed by atoms with van der Waals surface area (Å²) in [5, 5.41) is 3.87. The number of benzene rings is 1. The van der Waals surface area contributed by atoms with Crippen LogP contribution in [0, 0.1) is 0 Å². The molecule has 0 radical (unpaired) electrons. The van der Waals surface area contributed by atoms with Crippen molar-refractivity contribution in [3.63, 3.8) is 0 Å². The van der Waals surface area contributed by atoms with Crippen LogP contribution in [0.15, 0.2) is 47.8 Å². The van der Waals surface area contributed by atoms with Gasteiger partial charge in [0.1, 0.15) is 5.15 Å². The SMILES string of the molecule is CN(CCc1cccs1)Cc1cc2ccccc2nc1Cl. The number of pyridine rings is 1. The number of para-hydroxylation sites is 1. The number of halogens is 1. The van der Waals surface area contributed by atoms with Crippen LogP contribution < -0.4 is 0 Å². The molecule has 2 aromatic heterocycles. The Morgan fingerprint density at radius 1 is 1.19 bits per heavy atom. The Balaban J connectivity index is 1.70. The summed E-state index contributed by atoms with van der Waals surface area (Å²) in [5.41, 5.74) is 2.04. The Kier molecular flexibility index (Phi) is 4.54. The first-order chi connectivity index (χ1) is 10.2. The van der Waals surface area contributed by atoms with Gasteiger partial charge >= 0.3 is 0 Å². The zero-order valence-electron chi connectivity index (χ0n) is 11.9. The number of hydrogen-bond donors (Lipinski definition) is 0. The van der Waals surface area contributed by atoms with Gasteiger partial charge in [-0.1, -0.05) is 35.9 Å². The summed E-state index contributed by atoms with van der Waals surface area (Å²) in [6.45, 7) is 1.84. The lowest BCUT2D eigenvalue weighted by atomic mass is 10.1. The number of aromatic nitrogens is 1. The third kappa shape index (κ3) is 3.62. The number of fused-ring (bicyclic) bond motifs is 1. The highest BCUT2D eigenvalue weighted by molar-refractivity contribution is 7.09. The van der Waals surface area contributed by atoms with Gasteiger partial charge in [-0.05, 0) is 37.0 Å². The molecule has 4 heteroatoms. The lowest BCUT2D eigenvalue weighted by molar-refractivity contribution is 0.332. The Labute approximate surface area is 134 Å². The highest BCUT2D eigenvalue weighted by Gasteiger charge is 2.08. The second-order valence-corrected chi connectivity index (χ2v) is 6.59. The van der Waals surface area contributed by atoms with Gasteiger partial charge in [-0.25, -0.2) is 4.98 Å². The van der Waals surface area contributed by atoms with Gasteiger partial charge in [0.05, 0.1) is 5.52 Å². The molecule has 0 amide bonds.